The fourth-order valence-electron chi connectivity index (χ4n) is 0.765. The van der Waals surface area contributed by atoms with Crippen LogP contribution in [0.1, 0.15) is 13.8 Å². The largest absolute Gasteiger partial charge is 0.302 e. The van der Waals surface area contributed by atoms with Crippen LogP contribution in [0.5, 0.6) is 0 Å². The SMILES string of the molecule is CC1(C)CNCNN1. The Bertz CT molecular complexity index is 71.7. The molecule has 1 aliphatic rings. The molecule has 3 N–H and O–H groups in total. The quantitative estimate of drug-likeness (QED) is 0.395. The van der Waals surface area contributed by atoms with Crippen LogP contribution in [0.2, 0.25) is 0 Å². The van der Waals surface area contributed by atoms with Crippen molar-refractivity contribution >= 4 is 0 Å². The third-order valence-electron chi connectivity index (χ3n) is 1.21. The molecule has 0 bridgehead atoms. The Morgan fingerprint density at radius 2 is 2.12 bits per heavy atom. The van der Waals surface area contributed by atoms with E-state index in [4.69, 9.17) is 0 Å². The van der Waals surface area contributed by atoms with Gasteiger partial charge >= 0.3 is 0 Å². The summed E-state index contributed by atoms with van der Waals surface area (Å²) < 4.78 is 0. The second-order valence-corrected chi connectivity index (χ2v) is 2.79. The van der Waals surface area contributed by atoms with E-state index in [1.165, 1.54) is 0 Å². The van der Waals surface area contributed by atoms with Gasteiger partial charge in [0, 0.05) is 12.1 Å². The van der Waals surface area contributed by atoms with Crippen molar-refractivity contribution < 1.29 is 0 Å². The van der Waals surface area contributed by atoms with E-state index >= 15 is 0 Å². The van der Waals surface area contributed by atoms with Crippen molar-refractivity contribution in [2.24, 2.45) is 0 Å². The molecule has 1 heterocycles. The summed E-state index contributed by atoms with van der Waals surface area (Å²) in [4.78, 5) is 0. The molecule has 3 nitrogen and oxygen atoms in total. The molecule has 1 saturated heterocycles. The van der Waals surface area contributed by atoms with Crippen molar-refractivity contribution in [1.29, 1.82) is 0 Å². The first-order chi connectivity index (χ1) is 3.71. The maximum atomic E-state index is 3.20. The van der Waals surface area contributed by atoms with E-state index in [0.29, 0.717) is 0 Å². The molecule has 48 valence electrons. The highest BCUT2D eigenvalue weighted by Gasteiger charge is 2.18. The number of hydrazine groups is 1. The van der Waals surface area contributed by atoms with Gasteiger partial charge in [-0.3, -0.25) is 0 Å². The maximum absolute atomic E-state index is 3.20. The Morgan fingerprint density at radius 1 is 1.38 bits per heavy atom. The monoisotopic (exact) mass is 115 g/mol. The summed E-state index contributed by atoms with van der Waals surface area (Å²) in [5.74, 6) is 0. The molecular weight excluding hydrogens is 102 g/mol. The summed E-state index contributed by atoms with van der Waals surface area (Å²) in [6.45, 7) is 6.18. The van der Waals surface area contributed by atoms with Gasteiger partial charge in [-0.25, -0.2) is 10.9 Å². The molecule has 0 aromatic rings. The van der Waals surface area contributed by atoms with Crippen LogP contribution >= 0.6 is 0 Å². The lowest BCUT2D eigenvalue weighted by Crippen LogP contribution is -2.61. The van der Waals surface area contributed by atoms with Gasteiger partial charge in [-0.1, -0.05) is 0 Å². The van der Waals surface area contributed by atoms with Crippen molar-refractivity contribution in [3.8, 4) is 0 Å². The van der Waals surface area contributed by atoms with Crippen LogP contribution < -0.4 is 16.2 Å². The van der Waals surface area contributed by atoms with Crippen LogP contribution in [0.3, 0.4) is 0 Å². The van der Waals surface area contributed by atoms with Crippen molar-refractivity contribution in [3.05, 3.63) is 0 Å². The zero-order valence-electron chi connectivity index (χ0n) is 5.41. The molecule has 1 fully saturated rings. The molecule has 0 unspecified atom stereocenters. The van der Waals surface area contributed by atoms with E-state index in [-0.39, 0.29) is 5.54 Å². The van der Waals surface area contributed by atoms with Gasteiger partial charge in [-0.15, -0.1) is 0 Å². The predicted molar refractivity (Wildman–Crippen MR) is 33.2 cm³/mol. The highest BCUT2D eigenvalue weighted by molar-refractivity contribution is 4.80. The first kappa shape index (κ1) is 6.01. The minimum Gasteiger partial charge on any atom is -0.302 e. The average molecular weight is 115 g/mol. The van der Waals surface area contributed by atoms with Crippen LogP contribution in [-0.2, 0) is 0 Å². The summed E-state index contributed by atoms with van der Waals surface area (Å²) in [5, 5.41) is 3.20. The summed E-state index contributed by atoms with van der Waals surface area (Å²) in [7, 11) is 0. The standard InChI is InChI=1S/C5H13N3/c1-5(2)3-6-4-7-8-5/h6-8H,3-4H2,1-2H3. The Balaban J connectivity index is 2.33. The molecule has 0 spiro atoms. The van der Waals surface area contributed by atoms with Crippen molar-refractivity contribution in [1.82, 2.24) is 16.2 Å². The topological polar surface area (TPSA) is 36.1 Å². The van der Waals surface area contributed by atoms with Gasteiger partial charge in [0.15, 0.2) is 0 Å². The Labute approximate surface area is 49.8 Å². The summed E-state index contributed by atoms with van der Waals surface area (Å²) in [6, 6.07) is 0. The molecule has 1 aliphatic heterocycles. The third kappa shape index (κ3) is 1.43. The zero-order valence-corrected chi connectivity index (χ0v) is 5.41. The lowest BCUT2D eigenvalue weighted by Gasteiger charge is -2.31. The number of hydrogen-bond donors (Lipinski definition) is 3. The van der Waals surface area contributed by atoms with Gasteiger partial charge in [-0.05, 0) is 13.8 Å². The molecule has 8 heavy (non-hydrogen) atoms. The highest BCUT2D eigenvalue weighted by Crippen LogP contribution is 1.98. The van der Waals surface area contributed by atoms with Crippen LogP contribution in [0.4, 0.5) is 0 Å². The maximum Gasteiger partial charge on any atom is 0.0590 e. The second kappa shape index (κ2) is 2.01. The van der Waals surface area contributed by atoms with Gasteiger partial charge < -0.3 is 5.32 Å². The molecule has 0 aromatic carbocycles. The van der Waals surface area contributed by atoms with E-state index in [1.54, 1.807) is 0 Å². The van der Waals surface area contributed by atoms with Crippen LogP contribution in [0.25, 0.3) is 0 Å². The first-order valence-corrected chi connectivity index (χ1v) is 2.91. The van der Waals surface area contributed by atoms with Crippen molar-refractivity contribution in [2.75, 3.05) is 13.2 Å². The number of rotatable bonds is 0. The van der Waals surface area contributed by atoms with Crippen LogP contribution in [-0.4, -0.2) is 18.8 Å². The number of hydrogen-bond acceptors (Lipinski definition) is 3. The van der Waals surface area contributed by atoms with Crippen LogP contribution in [0.15, 0.2) is 0 Å². The Kier molecular flexibility index (Phi) is 1.51. The van der Waals surface area contributed by atoms with E-state index in [1.807, 2.05) is 0 Å². The lowest BCUT2D eigenvalue weighted by molar-refractivity contribution is 0.257. The van der Waals surface area contributed by atoms with E-state index in [0.717, 1.165) is 13.2 Å². The summed E-state index contributed by atoms with van der Waals surface area (Å²) in [6.07, 6.45) is 0. The normalized spacial score (nSPS) is 27.8. The third-order valence-corrected chi connectivity index (χ3v) is 1.21. The lowest BCUT2D eigenvalue weighted by atomic mass is 10.1. The molecule has 0 amide bonds. The van der Waals surface area contributed by atoms with Crippen molar-refractivity contribution in [2.45, 2.75) is 19.4 Å². The second-order valence-electron chi connectivity index (χ2n) is 2.79. The zero-order chi connectivity index (χ0) is 6.04. The number of nitrogens with one attached hydrogen (secondary N) is 3. The fourth-order valence-corrected chi connectivity index (χ4v) is 0.765. The van der Waals surface area contributed by atoms with E-state index in [2.05, 4.69) is 30.0 Å². The minimum atomic E-state index is 0.207. The smallest absolute Gasteiger partial charge is 0.0590 e. The average Bonchev–Trinajstić information content (AvgIpc) is 1.65. The highest BCUT2D eigenvalue weighted by atomic mass is 15.4. The molecule has 0 saturated carbocycles. The Hall–Kier alpha value is -0.120. The van der Waals surface area contributed by atoms with E-state index < -0.39 is 0 Å². The molecule has 3 heteroatoms. The van der Waals surface area contributed by atoms with Gasteiger partial charge in [0.1, 0.15) is 0 Å². The summed E-state index contributed by atoms with van der Waals surface area (Å²) in [5.41, 5.74) is 6.37. The summed E-state index contributed by atoms with van der Waals surface area (Å²) >= 11 is 0. The minimum absolute atomic E-state index is 0.207. The Morgan fingerprint density at radius 3 is 2.38 bits per heavy atom. The molecule has 0 radical (unpaired) electrons. The molecule has 0 aliphatic carbocycles. The first-order valence-electron chi connectivity index (χ1n) is 2.91. The van der Waals surface area contributed by atoms with Gasteiger partial charge in [-0.2, -0.15) is 0 Å². The van der Waals surface area contributed by atoms with Crippen molar-refractivity contribution in [3.63, 3.8) is 0 Å². The van der Waals surface area contributed by atoms with Gasteiger partial charge in [0.2, 0.25) is 0 Å². The van der Waals surface area contributed by atoms with Gasteiger partial charge in [0.25, 0.3) is 0 Å². The van der Waals surface area contributed by atoms with Crippen LogP contribution in [0, 0.1) is 0 Å². The molecular formula is C5H13N3. The van der Waals surface area contributed by atoms with Gasteiger partial charge in [0.05, 0.1) is 6.67 Å². The van der Waals surface area contributed by atoms with E-state index in [9.17, 15) is 0 Å². The predicted octanol–water partition coefficient (Wildman–Crippen LogP) is -0.580. The molecule has 1 rings (SSSR count). The molecule has 0 aromatic heterocycles. The molecule has 0 atom stereocenters. The fraction of sp³-hybridized carbons (Fsp3) is 1.00.